The van der Waals surface area contributed by atoms with E-state index in [-0.39, 0.29) is 24.1 Å². The second-order valence-electron chi connectivity index (χ2n) is 6.43. The first-order chi connectivity index (χ1) is 11.0. The number of alkyl halides is 2. The number of nitrogens with one attached hydrogen (secondary N) is 1. The maximum absolute atomic E-state index is 12.5. The van der Waals surface area contributed by atoms with Crippen LogP contribution in [0.2, 0.25) is 0 Å². The van der Waals surface area contributed by atoms with Crippen LogP contribution >= 0.6 is 0 Å². The van der Waals surface area contributed by atoms with Crippen molar-refractivity contribution in [1.82, 2.24) is 10.2 Å². The van der Waals surface area contributed by atoms with E-state index in [1.807, 2.05) is 7.05 Å². The predicted molar refractivity (Wildman–Crippen MR) is 82.5 cm³/mol. The number of halogens is 2. The van der Waals surface area contributed by atoms with Gasteiger partial charge in [0, 0.05) is 30.7 Å². The van der Waals surface area contributed by atoms with Crippen molar-refractivity contribution in [3.05, 3.63) is 29.8 Å². The molecule has 2 unspecified atom stereocenters. The van der Waals surface area contributed by atoms with Gasteiger partial charge in [-0.2, -0.15) is 8.78 Å². The van der Waals surface area contributed by atoms with Gasteiger partial charge in [-0.05, 0) is 31.7 Å². The molecule has 2 saturated heterocycles. The van der Waals surface area contributed by atoms with Crippen molar-refractivity contribution in [1.29, 1.82) is 0 Å². The molecule has 126 valence electrons. The van der Waals surface area contributed by atoms with E-state index in [0.29, 0.717) is 17.6 Å². The number of hydrogen-bond donors (Lipinski definition) is 1. The zero-order valence-electron chi connectivity index (χ0n) is 13.2. The zero-order chi connectivity index (χ0) is 16.4. The summed E-state index contributed by atoms with van der Waals surface area (Å²) in [4.78, 5) is 14.3. The van der Waals surface area contributed by atoms with E-state index in [9.17, 15) is 13.6 Å². The van der Waals surface area contributed by atoms with Gasteiger partial charge in [-0.15, -0.1) is 0 Å². The summed E-state index contributed by atoms with van der Waals surface area (Å²) in [7, 11) is 1.81. The third-order valence-electron chi connectivity index (χ3n) is 4.92. The van der Waals surface area contributed by atoms with Crippen LogP contribution in [0.5, 0.6) is 5.75 Å². The van der Waals surface area contributed by atoms with Gasteiger partial charge >= 0.3 is 6.61 Å². The van der Waals surface area contributed by atoms with Crippen LogP contribution in [-0.4, -0.2) is 42.6 Å². The lowest BCUT2D eigenvalue weighted by Gasteiger charge is -2.35. The maximum atomic E-state index is 12.5. The van der Waals surface area contributed by atoms with Crippen molar-refractivity contribution >= 4 is 5.91 Å². The van der Waals surface area contributed by atoms with Gasteiger partial charge in [0.15, 0.2) is 0 Å². The van der Waals surface area contributed by atoms with Gasteiger partial charge in [0.05, 0.1) is 6.42 Å². The fraction of sp³-hybridized carbons (Fsp3) is 0.588. The summed E-state index contributed by atoms with van der Waals surface area (Å²) < 4.78 is 29.4. The monoisotopic (exact) mass is 324 g/mol. The molecule has 0 saturated carbocycles. The Hall–Kier alpha value is -1.69. The number of para-hydroxylation sites is 1. The molecule has 4 nitrogen and oxygen atoms in total. The molecule has 1 amide bonds. The number of piperidine rings is 1. The second-order valence-corrected chi connectivity index (χ2v) is 6.43. The van der Waals surface area contributed by atoms with Gasteiger partial charge in [-0.3, -0.25) is 4.79 Å². The molecule has 0 radical (unpaired) electrons. The van der Waals surface area contributed by atoms with Crippen LogP contribution in [-0.2, 0) is 11.2 Å². The van der Waals surface area contributed by atoms with E-state index in [1.54, 1.807) is 23.1 Å². The number of likely N-dealkylation sites (N-methyl/N-ethyl adjacent to an activating group) is 1. The molecule has 1 aromatic carbocycles. The summed E-state index contributed by atoms with van der Waals surface area (Å²) in [5.41, 5.74) is 0.501. The molecule has 3 rings (SSSR count). The lowest BCUT2D eigenvalue weighted by Crippen LogP contribution is -2.49. The van der Waals surface area contributed by atoms with Gasteiger partial charge in [0.1, 0.15) is 5.75 Å². The van der Waals surface area contributed by atoms with Crippen LogP contribution in [0.4, 0.5) is 8.78 Å². The van der Waals surface area contributed by atoms with Crippen molar-refractivity contribution < 1.29 is 18.3 Å². The molecule has 1 aromatic rings. The van der Waals surface area contributed by atoms with E-state index in [4.69, 9.17) is 0 Å². The molecule has 0 spiro atoms. The van der Waals surface area contributed by atoms with Crippen LogP contribution in [0.15, 0.2) is 24.3 Å². The molecule has 6 heteroatoms. The molecule has 2 aliphatic rings. The number of amides is 1. The van der Waals surface area contributed by atoms with Crippen molar-refractivity contribution in [3.63, 3.8) is 0 Å². The van der Waals surface area contributed by atoms with E-state index in [1.165, 1.54) is 18.9 Å². The Morgan fingerprint density at radius 1 is 1.30 bits per heavy atom. The van der Waals surface area contributed by atoms with Crippen LogP contribution in [0.25, 0.3) is 0 Å². The summed E-state index contributed by atoms with van der Waals surface area (Å²) in [6.07, 6.45) is 4.36. The Labute approximate surface area is 134 Å². The lowest BCUT2D eigenvalue weighted by atomic mass is 9.98. The average Bonchev–Trinajstić information content (AvgIpc) is 2.86. The summed E-state index contributed by atoms with van der Waals surface area (Å²) in [5, 5.41) is 3.55. The highest BCUT2D eigenvalue weighted by Crippen LogP contribution is 2.30. The van der Waals surface area contributed by atoms with E-state index in [2.05, 4.69) is 10.1 Å². The molecule has 1 N–H and O–H groups in total. The van der Waals surface area contributed by atoms with Crippen molar-refractivity contribution in [3.8, 4) is 5.75 Å². The van der Waals surface area contributed by atoms with Crippen LogP contribution in [0.3, 0.4) is 0 Å². The minimum atomic E-state index is -2.89. The number of hydrogen-bond acceptors (Lipinski definition) is 3. The molecular formula is C17H22F2N2O2. The second kappa shape index (κ2) is 6.83. The minimum absolute atomic E-state index is 0.0541. The van der Waals surface area contributed by atoms with Crippen LogP contribution in [0, 0.1) is 0 Å². The first kappa shape index (κ1) is 16.2. The standard InChI is InChI=1S/C17H22F2N2O2/c1-21(14-9-12-6-7-13(10-14)20-12)16(22)8-11-4-2-3-5-15(11)23-17(18)19/h2-5,12-14,17,20H,6-10H2,1H3. The Morgan fingerprint density at radius 2 is 1.96 bits per heavy atom. The van der Waals surface area contributed by atoms with Gasteiger partial charge in [0.25, 0.3) is 0 Å². The Kier molecular flexibility index (Phi) is 4.80. The third-order valence-corrected chi connectivity index (χ3v) is 4.92. The van der Waals surface area contributed by atoms with Crippen molar-refractivity contribution in [2.45, 2.75) is 56.8 Å². The molecular weight excluding hydrogens is 302 g/mol. The zero-order valence-corrected chi connectivity index (χ0v) is 13.2. The number of carbonyl (C=O) groups is 1. The fourth-order valence-corrected chi connectivity index (χ4v) is 3.70. The Bertz CT molecular complexity index is 555. The van der Waals surface area contributed by atoms with Gasteiger partial charge in [0.2, 0.25) is 5.91 Å². The fourth-order valence-electron chi connectivity index (χ4n) is 3.70. The van der Waals surface area contributed by atoms with Gasteiger partial charge in [-0.1, -0.05) is 18.2 Å². The first-order valence-corrected chi connectivity index (χ1v) is 8.07. The molecule has 2 aliphatic heterocycles. The highest BCUT2D eigenvalue weighted by atomic mass is 19.3. The number of rotatable bonds is 5. The van der Waals surface area contributed by atoms with Crippen LogP contribution < -0.4 is 10.1 Å². The number of carbonyl (C=O) groups excluding carboxylic acids is 1. The van der Waals surface area contributed by atoms with Crippen LogP contribution in [0.1, 0.15) is 31.2 Å². The number of ether oxygens (including phenoxy) is 1. The summed E-state index contributed by atoms with van der Waals surface area (Å²) in [6.45, 7) is -2.89. The summed E-state index contributed by atoms with van der Waals surface area (Å²) in [6, 6.07) is 7.72. The quantitative estimate of drug-likeness (QED) is 0.905. The van der Waals surface area contributed by atoms with Crippen molar-refractivity contribution in [2.24, 2.45) is 0 Å². The van der Waals surface area contributed by atoms with E-state index < -0.39 is 6.61 Å². The number of nitrogens with zero attached hydrogens (tertiary/aromatic N) is 1. The lowest BCUT2D eigenvalue weighted by molar-refractivity contribution is -0.132. The molecule has 0 aromatic heterocycles. The smallest absolute Gasteiger partial charge is 0.387 e. The predicted octanol–water partition coefficient (Wildman–Crippen LogP) is 2.57. The van der Waals surface area contributed by atoms with E-state index in [0.717, 1.165) is 12.8 Å². The molecule has 2 atom stereocenters. The van der Waals surface area contributed by atoms with Gasteiger partial charge in [-0.25, -0.2) is 0 Å². The van der Waals surface area contributed by atoms with Crippen molar-refractivity contribution in [2.75, 3.05) is 7.05 Å². The minimum Gasteiger partial charge on any atom is -0.435 e. The third kappa shape index (κ3) is 3.80. The topological polar surface area (TPSA) is 41.6 Å². The van der Waals surface area contributed by atoms with E-state index >= 15 is 0 Å². The highest BCUT2D eigenvalue weighted by Gasteiger charge is 2.36. The summed E-state index contributed by atoms with van der Waals surface area (Å²) in [5.74, 6) is 0.0243. The average molecular weight is 324 g/mol. The molecule has 0 aliphatic carbocycles. The SMILES string of the molecule is CN(C(=O)Cc1ccccc1OC(F)F)C1CC2CCC(C1)N2. The molecule has 2 bridgehead atoms. The van der Waals surface area contributed by atoms with Gasteiger partial charge < -0.3 is 15.0 Å². The number of benzene rings is 1. The molecule has 23 heavy (non-hydrogen) atoms. The first-order valence-electron chi connectivity index (χ1n) is 8.07. The molecule has 2 heterocycles. The Balaban J connectivity index is 1.64. The highest BCUT2D eigenvalue weighted by molar-refractivity contribution is 5.79. The normalized spacial score (nSPS) is 26.3. The summed E-state index contributed by atoms with van der Waals surface area (Å²) >= 11 is 0. The largest absolute Gasteiger partial charge is 0.435 e. The molecule has 2 fully saturated rings. The number of fused-ring (bicyclic) bond motifs is 2. The Morgan fingerprint density at radius 3 is 2.61 bits per heavy atom. The maximum Gasteiger partial charge on any atom is 0.387 e.